The Balaban J connectivity index is 1.57. The van der Waals surface area contributed by atoms with Crippen molar-refractivity contribution in [2.24, 2.45) is 5.92 Å². The van der Waals surface area contributed by atoms with Crippen molar-refractivity contribution in [2.75, 3.05) is 0 Å². The second kappa shape index (κ2) is 10.6. The van der Waals surface area contributed by atoms with Gasteiger partial charge in [-0.25, -0.2) is 9.18 Å². The molecule has 1 saturated carbocycles. The highest BCUT2D eigenvalue weighted by atomic mass is 19.1. The molecule has 0 saturated heterocycles. The highest BCUT2D eigenvalue weighted by Gasteiger charge is 2.22. The second-order valence-electron chi connectivity index (χ2n) is 8.39. The molecule has 0 spiro atoms. The predicted molar refractivity (Wildman–Crippen MR) is 116 cm³/mol. The third-order valence-corrected chi connectivity index (χ3v) is 6.17. The van der Waals surface area contributed by atoms with Gasteiger partial charge in [-0.1, -0.05) is 57.7 Å². The lowest BCUT2D eigenvalue weighted by Crippen LogP contribution is -2.14. The lowest BCUT2D eigenvalue weighted by Gasteiger charge is -2.28. The number of esters is 1. The molecule has 0 bridgehead atoms. The van der Waals surface area contributed by atoms with Crippen LogP contribution in [0.5, 0.6) is 5.75 Å². The van der Waals surface area contributed by atoms with Crippen LogP contribution in [0, 0.1) is 11.7 Å². The minimum Gasteiger partial charge on any atom is -0.420 e. The van der Waals surface area contributed by atoms with E-state index >= 15 is 0 Å². The van der Waals surface area contributed by atoms with Crippen LogP contribution in [-0.4, -0.2) is 5.97 Å². The summed E-state index contributed by atoms with van der Waals surface area (Å²) in [5.74, 6) is 0.465. The molecule has 2 aromatic rings. The molecule has 2 nitrogen and oxygen atoms in total. The fourth-order valence-corrected chi connectivity index (χ4v) is 4.40. The van der Waals surface area contributed by atoms with Crippen molar-refractivity contribution in [3.63, 3.8) is 0 Å². The number of ether oxygens (including phenoxy) is 1. The van der Waals surface area contributed by atoms with Crippen LogP contribution in [0.1, 0.15) is 92.6 Å². The SMILES string of the molecule is CCCCC1CCC(c2ccc(C(=O)Oc3ccc(CCC)cc3F)cc2)CC1. The Labute approximate surface area is 174 Å². The lowest BCUT2D eigenvalue weighted by molar-refractivity contribution is 0.0727. The molecular weight excluding hydrogens is 363 g/mol. The Hall–Kier alpha value is -2.16. The maximum absolute atomic E-state index is 14.2. The average molecular weight is 397 g/mol. The summed E-state index contributed by atoms with van der Waals surface area (Å²) < 4.78 is 19.5. The summed E-state index contributed by atoms with van der Waals surface area (Å²) in [7, 11) is 0. The summed E-state index contributed by atoms with van der Waals surface area (Å²) in [6.07, 6.45) is 10.8. The molecule has 3 heteroatoms. The summed E-state index contributed by atoms with van der Waals surface area (Å²) in [5, 5.41) is 0. The van der Waals surface area contributed by atoms with Crippen molar-refractivity contribution < 1.29 is 13.9 Å². The number of hydrogen-bond acceptors (Lipinski definition) is 2. The van der Waals surface area contributed by atoms with Crippen LogP contribution in [0.4, 0.5) is 4.39 Å². The van der Waals surface area contributed by atoms with Gasteiger partial charge < -0.3 is 4.74 Å². The molecule has 0 unspecified atom stereocenters. The van der Waals surface area contributed by atoms with Crippen molar-refractivity contribution in [3.8, 4) is 5.75 Å². The van der Waals surface area contributed by atoms with Crippen molar-refractivity contribution >= 4 is 5.97 Å². The van der Waals surface area contributed by atoms with Gasteiger partial charge in [0.05, 0.1) is 5.56 Å². The van der Waals surface area contributed by atoms with E-state index in [9.17, 15) is 9.18 Å². The largest absolute Gasteiger partial charge is 0.420 e. The van der Waals surface area contributed by atoms with Crippen LogP contribution in [0.15, 0.2) is 42.5 Å². The zero-order valence-corrected chi connectivity index (χ0v) is 17.8. The maximum atomic E-state index is 14.2. The minimum atomic E-state index is -0.512. The molecule has 0 aromatic heterocycles. The Bertz CT molecular complexity index is 789. The zero-order chi connectivity index (χ0) is 20.6. The van der Waals surface area contributed by atoms with E-state index in [4.69, 9.17) is 4.74 Å². The van der Waals surface area contributed by atoms with E-state index < -0.39 is 11.8 Å². The molecule has 0 atom stereocenters. The Kier molecular flexibility index (Phi) is 7.85. The number of hydrogen-bond donors (Lipinski definition) is 0. The molecule has 156 valence electrons. The van der Waals surface area contributed by atoms with Gasteiger partial charge in [0.1, 0.15) is 0 Å². The first kappa shape index (κ1) is 21.5. The van der Waals surface area contributed by atoms with Gasteiger partial charge in [0.15, 0.2) is 11.6 Å². The van der Waals surface area contributed by atoms with Crippen molar-refractivity contribution in [3.05, 3.63) is 65.0 Å². The molecule has 1 aliphatic rings. The first-order chi connectivity index (χ1) is 14.1. The summed E-state index contributed by atoms with van der Waals surface area (Å²) in [6, 6.07) is 12.5. The molecule has 0 amide bonds. The van der Waals surface area contributed by atoms with Gasteiger partial charge in [0.25, 0.3) is 0 Å². The third-order valence-electron chi connectivity index (χ3n) is 6.17. The van der Waals surface area contributed by atoms with E-state index in [1.54, 1.807) is 6.07 Å². The van der Waals surface area contributed by atoms with Crippen LogP contribution in [-0.2, 0) is 6.42 Å². The van der Waals surface area contributed by atoms with E-state index in [0.717, 1.165) is 24.3 Å². The molecule has 0 N–H and O–H groups in total. The van der Waals surface area contributed by atoms with Crippen LogP contribution in [0.3, 0.4) is 0 Å². The summed E-state index contributed by atoms with van der Waals surface area (Å²) in [5.41, 5.74) is 2.67. The molecule has 1 aliphatic carbocycles. The van der Waals surface area contributed by atoms with E-state index in [2.05, 4.69) is 6.92 Å². The van der Waals surface area contributed by atoms with E-state index in [0.29, 0.717) is 11.5 Å². The number of carbonyl (C=O) groups excluding carboxylic acids is 1. The molecule has 0 aliphatic heterocycles. The molecular formula is C26H33FO2. The predicted octanol–water partition coefficient (Wildman–Crippen LogP) is 7.46. The first-order valence-electron chi connectivity index (χ1n) is 11.2. The van der Waals surface area contributed by atoms with Gasteiger partial charge in [-0.2, -0.15) is 0 Å². The van der Waals surface area contributed by atoms with Crippen LogP contribution < -0.4 is 4.74 Å². The van der Waals surface area contributed by atoms with E-state index in [1.165, 1.54) is 56.6 Å². The summed E-state index contributed by atoms with van der Waals surface area (Å²) in [4.78, 5) is 12.4. The van der Waals surface area contributed by atoms with E-state index in [1.807, 2.05) is 37.3 Å². The minimum absolute atomic E-state index is 0.00988. The normalized spacial score (nSPS) is 19.1. The fourth-order valence-electron chi connectivity index (χ4n) is 4.40. The Morgan fingerprint density at radius 3 is 2.34 bits per heavy atom. The number of rotatable bonds is 8. The molecule has 0 heterocycles. The van der Waals surface area contributed by atoms with Crippen LogP contribution in [0.2, 0.25) is 0 Å². The maximum Gasteiger partial charge on any atom is 0.343 e. The lowest BCUT2D eigenvalue weighted by atomic mass is 9.77. The molecule has 3 rings (SSSR count). The van der Waals surface area contributed by atoms with Crippen molar-refractivity contribution in [1.82, 2.24) is 0 Å². The summed E-state index contributed by atoms with van der Waals surface area (Å²) in [6.45, 7) is 4.31. The monoisotopic (exact) mass is 396 g/mol. The number of halogens is 1. The van der Waals surface area contributed by atoms with Gasteiger partial charge in [-0.3, -0.25) is 0 Å². The van der Waals surface area contributed by atoms with Crippen molar-refractivity contribution in [2.45, 2.75) is 77.6 Å². The number of carbonyl (C=O) groups is 1. The quantitative estimate of drug-likeness (QED) is 0.342. The van der Waals surface area contributed by atoms with Gasteiger partial charge in [-0.05, 0) is 79.3 Å². The smallest absolute Gasteiger partial charge is 0.343 e. The zero-order valence-electron chi connectivity index (χ0n) is 17.8. The highest BCUT2D eigenvalue weighted by molar-refractivity contribution is 5.91. The second-order valence-corrected chi connectivity index (χ2v) is 8.39. The van der Waals surface area contributed by atoms with E-state index in [-0.39, 0.29) is 5.75 Å². The standard InChI is InChI=1S/C26H33FO2/c1-3-5-7-19-8-11-21(12-9-19)22-13-15-23(16-14-22)26(28)29-25-17-10-20(6-4-2)18-24(25)27/h10,13-19,21H,3-9,11-12H2,1-2H3. The summed E-state index contributed by atoms with van der Waals surface area (Å²) >= 11 is 0. The van der Waals surface area contributed by atoms with Gasteiger partial charge in [-0.15, -0.1) is 0 Å². The van der Waals surface area contributed by atoms with Crippen molar-refractivity contribution in [1.29, 1.82) is 0 Å². The number of aryl methyl sites for hydroxylation is 1. The Morgan fingerprint density at radius 2 is 1.72 bits per heavy atom. The third kappa shape index (κ3) is 5.91. The number of unbranched alkanes of at least 4 members (excludes halogenated alkanes) is 1. The van der Waals surface area contributed by atoms with Gasteiger partial charge in [0, 0.05) is 0 Å². The first-order valence-corrected chi connectivity index (χ1v) is 11.2. The molecule has 2 aromatic carbocycles. The highest BCUT2D eigenvalue weighted by Crippen LogP contribution is 2.37. The topological polar surface area (TPSA) is 26.3 Å². The molecule has 1 fully saturated rings. The van der Waals surface area contributed by atoms with Crippen LogP contribution >= 0.6 is 0 Å². The fraction of sp³-hybridized carbons (Fsp3) is 0.500. The molecule has 0 radical (unpaired) electrons. The van der Waals surface area contributed by atoms with Gasteiger partial charge >= 0.3 is 5.97 Å². The molecule has 29 heavy (non-hydrogen) atoms. The Morgan fingerprint density at radius 1 is 1.00 bits per heavy atom. The average Bonchev–Trinajstić information content (AvgIpc) is 2.75. The number of benzene rings is 2. The van der Waals surface area contributed by atoms with Crippen LogP contribution in [0.25, 0.3) is 0 Å². The van der Waals surface area contributed by atoms with Gasteiger partial charge in [0.2, 0.25) is 0 Å².